The van der Waals surface area contributed by atoms with Crippen molar-refractivity contribution < 1.29 is 9.32 Å². The zero-order chi connectivity index (χ0) is 16.4. The summed E-state index contributed by atoms with van der Waals surface area (Å²) in [6.07, 6.45) is 8.16. The van der Waals surface area contributed by atoms with Gasteiger partial charge in [-0.15, -0.1) is 0 Å². The van der Waals surface area contributed by atoms with Crippen molar-refractivity contribution in [3.63, 3.8) is 0 Å². The van der Waals surface area contributed by atoms with E-state index in [0.717, 1.165) is 30.6 Å². The van der Waals surface area contributed by atoms with Crippen LogP contribution in [0.3, 0.4) is 0 Å². The number of carbonyl (C=O) groups is 1. The minimum absolute atomic E-state index is 0.148. The van der Waals surface area contributed by atoms with Gasteiger partial charge < -0.3 is 14.4 Å². The quantitative estimate of drug-likeness (QED) is 0.940. The largest absolute Gasteiger partial charge is 0.360 e. The zero-order valence-corrected chi connectivity index (χ0v) is 14.0. The van der Waals surface area contributed by atoms with Gasteiger partial charge in [0.2, 0.25) is 0 Å². The van der Waals surface area contributed by atoms with Crippen molar-refractivity contribution in [1.82, 2.24) is 20.0 Å². The van der Waals surface area contributed by atoms with Crippen molar-refractivity contribution in [2.24, 2.45) is 11.3 Å². The molecule has 6 heteroatoms. The summed E-state index contributed by atoms with van der Waals surface area (Å²) in [6, 6.07) is 0. The number of hydrogen-bond acceptors (Lipinski definition) is 4. The van der Waals surface area contributed by atoms with E-state index in [1.807, 2.05) is 10.8 Å². The summed E-state index contributed by atoms with van der Waals surface area (Å²) >= 11 is 0. The normalized spacial score (nSPS) is 17.8. The average molecular weight is 316 g/mol. The number of rotatable bonds is 4. The van der Waals surface area contributed by atoms with Crippen LogP contribution in [0.2, 0.25) is 0 Å². The average Bonchev–Trinajstić information content (AvgIpc) is 3.14. The van der Waals surface area contributed by atoms with Crippen molar-refractivity contribution in [3.05, 3.63) is 35.7 Å². The van der Waals surface area contributed by atoms with E-state index in [0.29, 0.717) is 24.7 Å². The predicted molar refractivity (Wildman–Crippen MR) is 86.0 cm³/mol. The Morgan fingerprint density at radius 1 is 1.48 bits per heavy atom. The molecular formula is C17H24N4O2. The van der Waals surface area contributed by atoms with Gasteiger partial charge in [0.05, 0.1) is 6.33 Å². The number of nitrogens with one attached hydrogen (secondary N) is 1. The number of amides is 1. The third-order valence-corrected chi connectivity index (χ3v) is 4.69. The third kappa shape index (κ3) is 3.46. The number of aromatic nitrogens is 3. The molecule has 0 aromatic carbocycles. The standard InChI is InChI=1S/C17H24N4O2/c1-17(2,3)12-4-5-14-13(10-12)15(20-23-14)16(22)19-7-9-21-8-6-18-11-21/h6,8,11-12H,4-5,7,9-10H2,1-3H3,(H,19,22)/t12-/m1/s1. The highest BCUT2D eigenvalue weighted by atomic mass is 16.5. The minimum atomic E-state index is -0.148. The fraction of sp³-hybridized carbons (Fsp3) is 0.588. The molecular weight excluding hydrogens is 292 g/mol. The van der Waals surface area contributed by atoms with Gasteiger partial charge in [-0.05, 0) is 24.2 Å². The van der Waals surface area contributed by atoms with Crippen molar-refractivity contribution in [2.45, 2.75) is 46.6 Å². The number of aryl methyl sites for hydroxylation is 1. The van der Waals surface area contributed by atoms with Gasteiger partial charge in [0.1, 0.15) is 5.76 Å². The first kappa shape index (κ1) is 15.8. The molecule has 6 nitrogen and oxygen atoms in total. The molecule has 3 rings (SSSR count). The Morgan fingerprint density at radius 2 is 2.30 bits per heavy atom. The van der Waals surface area contributed by atoms with Crippen molar-refractivity contribution in [2.75, 3.05) is 6.54 Å². The smallest absolute Gasteiger partial charge is 0.273 e. The maximum atomic E-state index is 12.4. The van der Waals surface area contributed by atoms with Crippen LogP contribution in [-0.4, -0.2) is 27.2 Å². The van der Waals surface area contributed by atoms with E-state index in [-0.39, 0.29) is 11.3 Å². The second-order valence-corrected chi connectivity index (χ2v) is 7.30. The summed E-state index contributed by atoms with van der Waals surface area (Å²) in [5, 5.41) is 6.94. The monoisotopic (exact) mass is 316 g/mol. The molecule has 0 aliphatic heterocycles. The summed E-state index contributed by atoms with van der Waals surface area (Å²) < 4.78 is 7.32. The van der Waals surface area contributed by atoms with Gasteiger partial charge in [-0.25, -0.2) is 4.98 Å². The van der Waals surface area contributed by atoms with Crippen LogP contribution >= 0.6 is 0 Å². The van der Waals surface area contributed by atoms with Gasteiger partial charge in [0.25, 0.3) is 5.91 Å². The lowest BCUT2D eigenvalue weighted by Crippen LogP contribution is -2.30. The summed E-state index contributed by atoms with van der Waals surface area (Å²) in [5.41, 5.74) is 1.68. The van der Waals surface area contributed by atoms with Crippen LogP contribution in [0, 0.1) is 11.3 Å². The predicted octanol–water partition coefficient (Wildman–Crippen LogP) is 2.45. The Balaban J connectivity index is 1.65. The van der Waals surface area contributed by atoms with Gasteiger partial charge in [0.15, 0.2) is 5.69 Å². The van der Waals surface area contributed by atoms with Crippen LogP contribution in [0.25, 0.3) is 0 Å². The zero-order valence-electron chi connectivity index (χ0n) is 14.0. The van der Waals surface area contributed by atoms with E-state index in [9.17, 15) is 4.79 Å². The lowest BCUT2D eigenvalue weighted by atomic mass is 9.71. The molecule has 0 spiro atoms. The Labute approximate surface area is 136 Å². The molecule has 0 bridgehead atoms. The molecule has 2 aromatic rings. The third-order valence-electron chi connectivity index (χ3n) is 4.69. The van der Waals surface area contributed by atoms with Crippen LogP contribution < -0.4 is 5.32 Å². The molecule has 0 saturated heterocycles. The highest BCUT2D eigenvalue weighted by Gasteiger charge is 2.33. The van der Waals surface area contributed by atoms with Crippen LogP contribution in [0.15, 0.2) is 23.2 Å². The molecule has 1 N–H and O–H groups in total. The van der Waals surface area contributed by atoms with Crippen LogP contribution in [0.4, 0.5) is 0 Å². The fourth-order valence-electron chi connectivity index (χ4n) is 3.12. The molecule has 0 unspecified atom stereocenters. The molecule has 124 valence electrons. The van der Waals surface area contributed by atoms with Crippen LogP contribution in [0.1, 0.15) is 49.0 Å². The van der Waals surface area contributed by atoms with Gasteiger partial charge in [0, 0.05) is 37.5 Å². The minimum Gasteiger partial charge on any atom is -0.360 e. The first-order valence-corrected chi connectivity index (χ1v) is 8.16. The van der Waals surface area contributed by atoms with Crippen LogP contribution in [0.5, 0.6) is 0 Å². The second-order valence-electron chi connectivity index (χ2n) is 7.30. The van der Waals surface area contributed by atoms with E-state index in [1.165, 1.54) is 0 Å². The molecule has 1 aliphatic carbocycles. The van der Waals surface area contributed by atoms with Gasteiger partial charge in [-0.2, -0.15) is 0 Å². The van der Waals surface area contributed by atoms with Gasteiger partial charge in [-0.1, -0.05) is 25.9 Å². The van der Waals surface area contributed by atoms with E-state index >= 15 is 0 Å². The molecule has 0 saturated carbocycles. The Morgan fingerprint density at radius 3 is 3.00 bits per heavy atom. The van der Waals surface area contributed by atoms with E-state index in [4.69, 9.17) is 4.52 Å². The molecule has 2 aromatic heterocycles. The number of fused-ring (bicyclic) bond motifs is 1. The Hall–Kier alpha value is -2.11. The number of hydrogen-bond donors (Lipinski definition) is 1. The van der Waals surface area contributed by atoms with E-state index < -0.39 is 0 Å². The summed E-state index contributed by atoms with van der Waals surface area (Å²) in [7, 11) is 0. The van der Waals surface area contributed by atoms with Crippen molar-refractivity contribution in [3.8, 4) is 0 Å². The molecule has 2 heterocycles. The topological polar surface area (TPSA) is 73.0 Å². The summed E-state index contributed by atoms with van der Waals surface area (Å²) in [5.74, 6) is 1.28. The van der Waals surface area contributed by atoms with Crippen molar-refractivity contribution in [1.29, 1.82) is 0 Å². The number of carbonyl (C=O) groups excluding carboxylic acids is 1. The maximum absolute atomic E-state index is 12.4. The highest BCUT2D eigenvalue weighted by molar-refractivity contribution is 5.93. The first-order chi connectivity index (χ1) is 10.9. The van der Waals surface area contributed by atoms with Crippen LogP contribution in [-0.2, 0) is 19.4 Å². The van der Waals surface area contributed by atoms with Gasteiger partial charge in [-0.3, -0.25) is 4.79 Å². The van der Waals surface area contributed by atoms with Crippen molar-refractivity contribution >= 4 is 5.91 Å². The SMILES string of the molecule is CC(C)(C)[C@@H]1CCc2onc(C(=O)NCCn3ccnc3)c2C1. The fourth-order valence-corrected chi connectivity index (χ4v) is 3.12. The summed E-state index contributed by atoms with van der Waals surface area (Å²) in [6.45, 7) is 7.99. The van der Waals surface area contributed by atoms with Gasteiger partial charge >= 0.3 is 0 Å². The lowest BCUT2D eigenvalue weighted by molar-refractivity contribution is 0.0942. The molecule has 23 heavy (non-hydrogen) atoms. The Bertz CT molecular complexity index is 667. The maximum Gasteiger partial charge on any atom is 0.273 e. The van der Waals surface area contributed by atoms with E-state index in [2.05, 4.69) is 36.2 Å². The first-order valence-electron chi connectivity index (χ1n) is 8.16. The molecule has 1 amide bonds. The molecule has 0 fully saturated rings. The van der Waals surface area contributed by atoms with E-state index in [1.54, 1.807) is 12.5 Å². The summed E-state index contributed by atoms with van der Waals surface area (Å²) in [4.78, 5) is 16.4. The lowest BCUT2D eigenvalue weighted by Gasteiger charge is -2.33. The molecule has 1 aliphatic rings. The number of nitrogens with zero attached hydrogens (tertiary/aromatic N) is 3. The Kier molecular flexibility index (Phi) is 4.24. The second kappa shape index (κ2) is 6.18. The highest BCUT2D eigenvalue weighted by Crippen LogP contribution is 2.38. The molecule has 0 radical (unpaired) electrons. The molecule has 1 atom stereocenters. The number of imidazole rings is 1.